The number of nitrogens with zero attached hydrogens (tertiary/aromatic N) is 3. The maximum Gasteiger partial charge on any atom is 0.319 e. The fourth-order valence-corrected chi connectivity index (χ4v) is 1.49. The second-order valence-corrected chi connectivity index (χ2v) is 3.89. The maximum absolute atomic E-state index is 11.7. The van der Waals surface area contributed by atoms with Crippen molar-refractivity contribution in [3.63, 3.8) is 0 Å². The molecule has 2 aromatic rings. The molecular weight excluding hydrogens is 256 g/mol. The number of hydrogen-bond acceptors (Lipinski definition) is 4. The van der Waals surface area contributed by atoms with Gasteiger partial charge in [0.2, 0.25) is 0 Å². The van der Waals surface area contributed by atoms with Crippen molar-refractivity contribution in [2.75, 3.05) is 5.32 Å². The zero-order valence-corrected chi connectivity index (χ0v) is 10.3. The number of halogens is 1. The van der Waals surface area contributed by atoms with Crippen LogP contribution in [0.25, 0.3) is 0 Å². The number of nitrogens with one attached hydrogen (secondary N) is 3. The van der Waals surface area contributed by atoms with Crippen LogP contribution in [0, 0.1) is 0 Å². The van der Waals surface area contributed by atoms with E-state index in [-0.39, 0.29) is 11.2 Å². The van der Waals surface area contributed by atoms with Crippen LogP contribution in [0.15, 0.2) is 24.7 Å². The fourth-order valence-electron chi connectivity index (χ4n) is 1.33. The van der Waals surface area contributed by atoms with E-state index < -0.39 is 6.03 Å². The molecule has 94 valence electrons. The van der Waals surface area contributed by atoms with E-state index in [0.717, 1.165) is 0 Å². The molecule has 1 atom stereocenters. The van der Waals surface area contributed by atoms with E-state index in [1.807, 2.05) is 0 Å². The average Bonchev–Trinajstić information content (AvgIpc) is 2.85. The van der Waals surface area contributed by atoms with Crippen LogP contribution >= 0.6 is 11.6 Å². The molecular formula is C10H11ClN6O. The number of carbonyl (C=O) groups excluding carboxylic acids is 1. The molecule has 0 aliphatic rings. The summed E-state index contributed by atoms with van der Waals surface area (Å²) in [5.74, 6) is 0.572. The molecule has 2 heterocycles. The minimum absolute atomic E-state index is 0.236. The van der Waals surface area contributed by atoms with Crippen molar-refractivity contribution in [3.05, 3.63) is 35.6 Å². The Labute approximate surface area is 108 Å². The molecule has 2 amide bonds. The van der Waals surface area contributed by atoms with Crippen molar-refractivity contribution in [1.29, 1.82) is 0 Å². The smallest absolute Gasteiger partial charge is 0.319 e. The lowest BCUT2D eigenvalue weighted by atomic mass is 10.3. The summed E-state index contributed by atoms with van der Waals surface area (Å²) >= 11 is 5.82. The van der Waals surface area contributed by atoms with Crippen LogP contribution in [-0.4, -0.2) is 26.2 Å². The summed E-state index contributed by atoms with van der Waals surface area (Å²) in [5.41, 5.74) is 0.446. The van der Waals surface area contributed by atoms with Crippen LogP contribution in [0.4, 0.5) is 10.5 Å². The summed E-state index contributed by atoms with van der Waals surface area (Å²) in [6, 6.07) is 2.66. The van der Waals surface area contributed by atoms with Crippen LogP contribution in [0.1, 0.15) is 18.8 Å². The molecule has 2 rings (SSSR count). The van der Waals surface area contributed by atoms with E-state index in [4.69, 9.17) is 11.6 Å². The third-order valence-electron chi connectivity index (χ3n) is 2.20. The molecule has 0 unspecified atom stereocenters. The Hall–Kier alpha value is -2.15. The van der Waals surface area contributed by atoms with Crippen LogP contribution in [0.5, 0.6) is 0 Å². The highest BCUT2D eigenvalue weighted by Gasteiger charge is 2.12. The SMILES string of the molecule is C[C@H](NC(=O)Nc1cccnc1Cl)c1ncn[nH]1. The van der Waals surface area contributed by atoms with Gasteiger partial charge in [-0.15, -0.1) is 0 Å². The predicted molar refractivity (Wildman–Crippen MR) is 66.2 cm³/mol. The third kappa shape index (κ3) is 2.95. The fraction of sp³-hybridized carbons (Fsp3) is 0.200. The van der Waals surface area contributed by atoms with E-state index in [9.17, 15) is 4.79 Å². The monoisotopic (exact) mass is 266 g/mol. The van der Waals surface area contributed by atoms with E-state index >= 15 is 0 Å². The molecule has 2 aromatic heterocycles. The summed E-state index contributed by atoms with van der Waals surface area (Å²) in [6.45, 7) is 1.78. The molecule has 0 fully saturated rings. The minimum atomic E-state index is -0.395. The zero-order valence-electron chi connectivity index (χ0n) is 9.51. The van der Waals surface area contributed by atoms with Gasteiger partial charge in [-0.25, -0.2) is 14.8 Å². The Morgan fingerprint density at radius 3 is 3.00 bits per heavy atom. The van der Waals surface area contributed by atoms with Crippen LogP contribution in [0.3, 0.4) is 0 Å². The maximum atomic E-state index is 11.7. The molecule has 8 heteroatoms. The lowest BCUT2D eigenvalue weighted by Crippen LogP contribution is -2.31. The molecule has 3 N–H and O–H groups in total. The van der Waals surface area contributed by atoms with Gasteiger partial charge in [-0.3, -0.25) is 5.10 Å². The van der Waals surface area contributed by atoms with E-state index in [0.29, 0.717) is 11.5 Å². The predicted octanol–water partition coefficient (Wildman–Crippen LogP) is 1.74. The number of urea groups is 1. The van der Waals surface area contributed by atoms with Crippen molar-refractivity contribution in [1.82, 2.24) is 25.5 Å². The van der Waals surface area contributed by atoms with Crippen molar-refractivity contribution in [3.8, 4) is 0 Å². The number of H-pyrrole nitrogens is 1. The first-order valence-electron chi connectivity index (χ1n) is 5.20. The van der Waals surface area contributed by atoms with Gasteiger partial charge in [-0.2, -0.15) is 5.10 Å². The first kappa shape index (κ1) is 12.3. The number of anilines is 1. The largest absolute Gasteiger partial charge is 0.328 e. The molecule has 18 heavy (non-hydrogen) atoms. The van der Waals surface area contributed by atoms with Gasteiger partial charge in [-0.05, 0) is 19.1 Å². The van der Waals surface area contributed by atoms with Crippen LogP contribution in [0.2, 0.25) is 5.15 Å². The number of pyridine rings is 1. The molecule has 0 saturated heterocycles. The molecule has 0 bridgehead atoms. The van der Waals surface area contributed by atoms with Gasteiger partial charge in [0.25, 0.3) is 0 Å². The summed E-state index contributed by atoms with van der Waals surface area (Å²) in [7, 11) is 0. The molecule has 0 aromatic carbocycles. The summed E-state index contributed by atoms with van der Waals surface area (Å²) in [4.78, 5) is 19.5. The van der Waals surface area contributed by atoms with Gasteiger partial charge >= 0.3 is 6.03 Å². The Kier molecular flexibility index (Phi) is 3.73. The minimum Gasteiger partial charge on any atom is -0.328 e. The molecule has 0 saturated carbocycles. The number of carbonyl (C=O) groups is 1. The van der Waals surface area contributed by atoms with E-state index in [1.54, 1.807) is 25.3 Å². The summed E-state index contributed by atoms with van der Waals surface area (Å²) in [5, 5.41) is 11.9. The molecule has 0 aliphatic heterocycles. The second-order valence-electron chi connectivity index (χ2n) is 3.53. The average molecular weight is 267 g/mol. The van der Waals surface area contributed by atoms with Gasteiger partial charge < -0.3 is 10.6 Å². The van der Waals surface area contributed by atoms with Gasteiger partial charge in [0.15, 0.2) is 5.15 Å². The van der Waals surface area contributed by atoms with E-state index in [2.05, 4.69) is 30.8 Å². The highest BCUT2D eigenvalue weighted by molar-refractivity contribution is 6.32. The van der Waals surface area contributed by atoms with Crippen molar-refractivity contribution in [2.24, 2.45) is 0 Å². The standard InChI is InChI=1S/C10H11ClN6O/c1-6(9-13-5-14-17-9)15-10(18)16-7-3-2-4-12-8(7)11/h2-6H,1H3,(H,13,14,17)(H2,15,16,18)/t6-/m0/s1. The highest BCUT2D eigenvalue weighted by atomic mass is 35.5. The third-order valence-corrected chi connectivity index (χ3v) is 2.50. The highest BCUT2D eigenvalue weighted by Crippen LogP contribution is 2.17. The second kappa shape index (κ2) is 5.46. The van der Waals surface area contributed by atoms with E-state index in [1.165, 1.54) is 6.33 Å². The summed E-state index contributed by atoms with van der Waals surface area (Å²) in [6.07, 6.45) is 2.92. The van der Waals surface area contributed by atoms with Gasteiger partial charge in [0, 0.05) is 6.20 Å². The summed E-state index contributed by atoms with van der Waals surface area (Å²) < 4.78 is 0. The van der Waals surface area contributed by atoms with Gasteiger partial charge in [0.1, 0.15) is 12.2 Å². The zero-order chi connectivity index (χ0) is 13.0. The number of rotatable bonds is 3. The normalized spacial score (nSPS) is 11.9. The number of hydrogen-bond donors (Lipinski definition) is 3. The first-order valence-corrected chi connectivity index (χ1v) is 5.58. The van der Waals surface area contributed by atoms with Gasteiger partial charge in [0.05, 0.1) is 11.7 Å². The number of amides is 2. The Morgan fingerprint density at radius 1 is 1.50 bits per heavy atom. The number of aromatic amines is 1. The van der Waals surface area contributed by atoms with Gasteiger partial charge in [-0.1, -0.05) is 11.6 Å². The quantitative estimate of drug-likeness (QED) is 0.737. The number of aromatic nitrogens is 4. The lowest BCUT2D eigenvalue weighted by molar-refractivity contribution is 0.249. The van der Waals surface area contributed by atoms with Crippen LogP contribution in [-0.2, 0) is 0 Å². The van der Waals surface area contributed by atoms with Crippen molar-refractivity contribution in [2.45, 2.75) is 13.0 Å². The molecule has 0 radical (unpaired) electrons. The van der Waals surface area contributed by atoms with Crippen molar-refractivity contribution >= 4 is 23.3 Å². The van der Waals surface area contributed by atoms with Crippen molar-refractivity contribution < 1.29 is 4.79 Å². The first-order chi connectivity index (χ1) is 8.66. The Morgan fingerprint density at radius 2 is 2.33 bits per heavy atom. The molecule has 0 spiro atoms. The Bertz CT molecular complexity index is 529. The Balaban J connectivity index is 1.95. The topological polar surface area (TPSA) is 95.6 Å². The molecule has 0 aliphatic carbocycles. The molecule has 7 nitrogen and oxygen atoms in total. The van der Waals surface area contributed by atoms with Crippen LogP contribution < -0.4 is 10.6 Å². The lowest BCUT2D eigenvalue weighted by Gasteiger charge is -2.12.